The van der Waals surface area contributed by atoms with Crippen LogP contribution in [0.2, 0.25) is 5.28 Å². The first-order valence-corrected chi connectivity index (χ1v) is 6.91. The highest BCUT2D eigenvalue weighted by Crippen LogP contribution is 2.29. The molecule has 0 spiro atoms. The summed E-state index contributed by atoms with van der Waals surface area (Å²) in [6.07, 6.45) is -1.21. The molecule has 1 aliphatic heterocycles. The van der Waals surface area contributed by atoms with E-state index in [1.54, 1.807) is 0 Å². The molecule has 0 radical (unpaired) electrons. The van der Waals surface area contributed by atoms with Gasteiger partial charge in [-0.15, -0.1) is 0 Å². The maximum atomic E-state index is 12.6. The number of likely N-dealkylation sites (tertiary alicyclic amines) is 1. The topological polar surface area (TPSA) is 41.0 Å². The molecule has 0 unspecified atom stereocenters. The van der Waals surface area contributed by atoms with Crippen LogP contribution in [0.4, 0.5) is 19.0 Å². The van der Waals surface area contributed by atoms with E-state index in [0.29, 0.717) is 6.54 Å². The third-order valence-electron chi connectivity index (χ3n) is 3.15. The quantitative estimate of drug-likeness (QED) is 0.670. The Kier molecular flexibility index (Phi) is 5.04. The van der Waals surface area contributed by atoms with E-state index < -0.39 is 17.2 Å². The molecule has 0 atom stereocenters. The van der Waals surface area contributed by atoms with Crippen molar-refractivity contribution in [3.05, 3.63) is 17.0 Å². The average Bonchev–Trinajstić information content (AvgIpc) is 2.86. The Morgan fingerprint density at radius 3 is 2.60 bits per heavy atom. The predicted molar refractivity (Wildman–Crippen MR) is 70.8 cm³/mol. The number of hydrogen-bond acceptors (Lipinski definition) is 4. The summed E-state index contributed by atoms with van der Waals surface area (Å²) in [5.74, 6) is 0.110. The third kappa shape index (κ3) is 4.49. The van der Waals surface area contributed by atoms with Crippen molar-refractivity contribution in [2.75, 3.05) is 31.5 Å². The smallest absolute Gasteiger partial charge is 0.370 e. The number of alkyl halides is 3. The molecule has 0 saturated carbocycles. The van der Waals surface area contributed by atoms with Crippen LogP contribution in [0.15, 0.2) is 6.07 Å². The summed E-state index contributed by atoms with van der Waals surface area (Å²) in [4.78, 5) is 9.27. The van der Waals surface area contributed by atoms with Gasteiger partial charge in [0.15, 0.2) is 5.69 Å². The summed E-state index contributed by atoms with van der Waals surface area (Å²) in [7, 11) is 0. The monoisotopic (exact) mass is 308 g/mol. The lowest BCUT2D eigenvalue weighted by Crippen LogP contribution is -2.22. The molecule has 1 aromatic rings. The predicted octanol–water partition coefficient (Wildman–Crippen LogP) is 3.05. The zero-order valence-corrected chi connectivity index (χ0v) is 11.6. The zero-order chi connectivity index (χ0) is 14.6. The van der Waals surface area contributed by atoms with Crippen molar-refractivity contribution in [2.45, 2.75) is 25.4 Å². The van der Waals surface area contributed by atoms with Crippen LogP contribution in [0.3, 0.4) is 0 Å². The Hall–Kier alpha value is -1.08. The summed E-state index contributed by atoms with van der Waals surface area (Å²) < 4.78 is 37.7. The Morgan fingerprint density at radius 1 is 1.25 bits per heavy atom. The Morgan fingerprint density at radius 2 is 1.95 bits per heavy atom. The maximum Gasteiger partial charge on any atom is 0.433 e. The summed E-state index contributed by atoms with van der Waals surface area (Å²) >= 11 is 5.50. The van der Waals surface area contributed by atoms with E-state index in [4.69, 9.17) is 11.6 Å². The Labute approximate surface area is 120 Å². The fourth-order valence-electron chi connectivity index (χ4n) is 2.18. The van der Waals surface area contributed by atoms with Gasteiger partial charge in [0.2, 0.25) is 5.28 Å². The molecule has 0 aliphatic carbocycles. The van der Waals surface area contributed by atoms with Crippen LogP contribution in [-0.2, 0) is 6.18 Å². The second-order valence-corrected chi connectivity index (χ2v) is 5.07. The van der Waals surface area contributed by atoms with Crippen LogP contribution in [0, 0.1) is 0 Å². The van der Waals surface area contributed by atoms with E-state index in [1.165, 1.54) is 12.8 Å². The first-order chi connectivity index (χ1) is 9.45. The maximum absolute atomic E-state index is 12.6. The normalized spacial score (nSPS) is 16.6. The van der Waals surface area contributed by atoms with E-state index >= 15 is 0 Å². The summed E-state index contributed by atoms with van der Waals surface area (Å²) in [5, 5.41) is 2.46. The van der Waals surface area contributed by atoms with Gasteiger partial charge in [0.05, 0.1) is 0 Å². The van der Waals surface area contributed by atoms with Crippen LogP contribution in [0.5, 0.6) is 0 Å². The van der Waals surface area contributed by atoms with E-state index in [1.807, 2.05) is 0 Å². The molecule has 0 aromatic carbocycles. The molecule has 20 heavy (non-hydrogen) atoms. The van der Waals surface area contributed by atoms with Crippen molar-refractivity contribution < 1.29 is 13.2 Å². The lowest BCUT2D eigenvalue weighted by molar-refractivity contribution is -0.141. The van der Waals surface area contributed by atoms with Gasteiger partial charge in [0.1, 0.15) is 5.82 Å². The molecule has 2 rings (SSSR count). The van der Waals surface area contributed by atoms with Gasteiger partial charge in [-0.25, -0.2) is 9.97 Å². The van der Waals surface area contributed by atoms with Crippen molar-refractivity contribution in [1.82, 2.24) is 14.9 Å². The van der Waals surface area contributed by atoms with Crippen molar-refractivity contribution >= 4 is 17.4 Å². The largest absolute Gasteiger partial charge is 0.433 e. The highest BCUT2D eigenvalue weighted by Gasteiger charge is 2.33. The fraction of sp³-hybridized carbons (Fsp3) is 0.667. The summed E-state index contributed by atoms with van der Waals surface area (Å²) in [5.41, 5.74) is -1.03. The zero-order valence-electron chi connectivity index (χ0n) is 10.9. The minimum atomic E-state index is -4.52. The molecule has 0 bridgehead atoms. The number of rotatable bonds is 5. The molecule has 8 heteroatoms. The van der Waals surface area contributed by atoms with Gasteiger partial charge < -0.3 is 10.2 Å². The van der Waals surface area contributed by atoms with Crippen molar-refractivity contribution in [1.29, 1.82) is 0 Å². The molecule has 1 fully saturated rings. The fourth-order valence-corrected chi connectivity index (χ4v) is 2.36. The van der Waals surface area contributed by atoms with Gasteiger partial charge in [-0.2, -0.15) is 13.2 Å². The number of aromatic nitrogens is 2. The number of anilines is 1. The molecule has 1 aliphatic rings. The lowest BCUT2D eigenvalue weighted by Gasteiger charge is -2.14. The van der Waals surface area contributed by atoms with Gasteiger partial charge in [0.25, 0.3) is 0 Å². The van der Waals surface area contributed by atoms with Crippen molar-refractivity contribution in [2.24, 2.45) is 0 Å². The van der Waals surface area contributed by atoms with Crippen LogP contribution < -0.4 is 5.32 Å². The van der Waals surface area contributed by atoms with Gasteiger partial charge in [-0.3, -0.25) is 0 Å². The standard InChI is InChI=1S/C12H16ClF3N4/c13-11-18-9(12(14,15)16)8-10(19-11)17-4-3-7-20-5-1-2-6-20/h8H,1-7H2,(H,17,18,19). The van der Waals surface area contributed by atoms with Gasteiger partial charge in [0, 0.05) is 12.6 Å². The van der Waals surface area contributed by atoms with Crippen molar-refractivity contribution in [3.8, 4) is 0 Å². The summed E-state index contributed by atoms with van der Waals surface area (Å²) in [6.45, 7) is 3.72. The van der Waals surface area contributed by atoms with E-state index in [-0.39, 0.29) is 5.82 Å². The highest BCUT2D eigenvalue weighted by atomic mass is 35.5. The number of nitrogens with one attached hydrogen (secondary N) is 1. The third-order valence-corrected chi connectivity index (χ3v) is 3.31. The number of halogens is 4. The molecule has 0 amide bonds. The van der Waals surface area contributed by atoms with E-state index in [9.17, 15) is 13.2 Å². The number of nitrogens with zero attached hydrogens (tertiary/aromatic N) is 3. The minimum absolute atomic E-state index is 0.110. The lowest BCUT2D eigenvalue weighted by atomic mass is 10.3. The van der Waals surface area contributed by atoms with Crippen LogP contribution in [-0.4, -0.2) is 41.0 Å². The second kappa shape index (κ2) is 6.58. The number of hydrogen-bond donors (Lipinski definition) is 1. The molecule has 112 valence electrons. The van der Waals surface area contributed by atoms with E-state index in [0.717, 1.165) is 32.1 Å². The highest BCUT2D eigenvalue weighted by molar-refractivity contribution is 6.28. The first-order valence-electron chi connectivity index (χ1n) is 6.53. The Balaban J connectivity index is 1.84. The van der Waals surface area contributed by atoms with Crippen LogP contribution in [0.25, 0.3) is 0 Å². The van der Waals surface area contributed by atoms with Gasteiger partial charge in [-0.1, -0.05) is 0 Å². The SMILES string of the molecule is FC(F)(F)c1cc(NCCCN2CCCC2)nc(Cl)n1. The molecular weight excluding hydrogens is 293 g/mol. The van der Waals surface area contributed by atoms with Gasteiger partial charge in [-0.05, 0) is 50.5 Å². The summed E-state index contributed by atoms with van der Waals surface area (Å²) in [6, 6.07) is 0.877. The van der Waals surface area contributed by atoms with Crippen molar-refractivity contribution in [3.63, 3.8) is 0 Å². The molecule has 1 saturated heterocycles. The minimum Gasteiger partial charge on any atom is -0.370 e. The molecule has 2 heterocycles. The first kappa shape index (κ1) is 15.3. The second-order valence-electron chi connectivity index (χ2n) is 4.73. The van der Waals surface area contributed by atoms with E-state index in [2.05, 4.69) is 20.2 Å². The van der Waals surface area contributed by atoms with Gasteiger partial charge >= 0.3 is 6.18 Å². The van der Waals surface area contributed by atoms with Crippen LogP contribution >= 0.6 is 11.6 Å². The Bertz CT molecular complexity index is 447. The molecular formula is C12H16ClF3N4. The molecule has 4 nitrogen and oxygen atoms in total. The molecule has 1 N–H and O–H groups in total. The molecule has 1 aromatic heterocycles. The average molecular weight is 309 g/mol. The van der Waals surface area contributed by atoms with Crippen LogP contribution in [0.1, 0.15) is 25.0 Å².